The number of rotatable bonds is 5. The molecule has 0 aliphatic rings. The quantitative estimate of drug-likeness (QED) is 0.610. The molecule has 0 aliphatic carbocycles. The highest BCUT2D eigenvalue weighted by Crippen LogP contribution is 2.23. The minimum absolute atomic E-state index is 0.0537. The van der Waals surface area contributed by atoms with Crippen LogP contribution in [0.4, 0.5) is 0 Å². The third-order valence-corrected chi connectivity index (χ3v) is 2.88. The van der Waals surface area contributed by atoms with E-state index in [0.29, 0.717) is 6.61 Å². The normalized spacial score (nSPS) is 13.1. The van der Waals surface area contributed by atoms with Crippen molar-refractivity contribution in [3.05, 3.63) is 34.4 Å². The maximum absolute atomic E-state index is 5.65. The van der Waals surface area contributed by atoms with Crippen molar-refractivity contribution in [1.82, 2.24) is 5.43 Å². The lowest BCUT2D eigenvalue weighted by Crippen LogP contribution is -2.33. The van der Waals surface area contributed by atoms with Gasteiger partial charge in [0.1, 0.15) is 0 Å². The van der Waals surface area contributed by atoms with E-state index in [1.54, 1.807) is 0 Å². The van der Waals surface area contributed by atoms with E-state index in [9.17, 15) is 0 Å². The lowest BCUT2D eigenvalue weighted by atomic mass is 9.94. The monoisotopic (exact) mass is 236 g/mol. The Hall–Kier alpha value is -0.900. The molecule has 0 saturated heterocycles. The summed E-state index contributed by atoms with van der Waals surface area (Å²) in [5.74, 6) is 5.64. The molecule has 0 aliphatic heterocycles. The summed E-state index contributed by atoms with van der Waals surface area (Å²) >= 11 is 0. The minimum Gasteiger partial charge on any atom is -0.377 e. The standard InChI is InChI=1S/C14H24N2O/c1-9(2)17-8-13(16-15)14-11(4)6-10(3)7-12(14)5/h6-7,9,13,16H,8,15H2,1-5H3. The molecule has 0 spiro atoms. The Kier molecular flexibility index (Phi) is 5.12. The Morgan fingerprint density at radius 3 is 2.12 bits per heavy atom. The molecule has 1 rings (SSSR count). The van der Waals surface area contributed by atoms with Crippen LogP contribution in [0.15, 0.2) is 12.1 Å². The number of hydrazine groups is 1. The first kappa shape index (κ1) is 14.2. The summed E-state index contributed by atoms with van der Waals surface area (Å²) in [4.78, 5) is 0. The van der Waals surface area contributed by atoms with Gasteiger partial charge < -0.3 is 4.74 Å². The predicted molar refractivity (Wildman–Crippen MR) is 71.8 cm³/mol. The van der Waals surface area contributed by atoms with Gasteiger partial charge in [0, 0.05) is 0 Å². The summed E-state index contributed by atoms with van der Waals surface area (Å²) in [5, 5.41) is 0. The highest BCUT2D eigenvalue weighted by Gasteiger charge is 2.15. The van der Waals surface area contributed by atoms with Gasteiger partial charge in [-0.3, -0.25) is 11.3 Å². The maximum Gasteiger partial charge on any atom is 0.0699 e. The molecule has 3 N–H and O–H groups in total. The molecule has 3 heteroatoms. The van der Waals surface area contributed by atoms with Crippen molar-refractivity contribution < 1.29 is 4.74 Å². The van der Waals surface area contributed by atoms with E-state index < -0.39 is 0 Å². The van der Waals surface area contributed by atoms with Gasteiger partial charge in [-0.05, 0) is 51.3 Å². The summed E-state index contributed by atoms with van der Waals surface area (Å²) in [5.41, 5.74) is 7.90. The van der Waals surface area contributed by atoms with Gasteiger partial charge in [-0.15, -0.1) is 0 Å². The van der Waals surface area contributed by atoms with E-state index in [0.717, 1.165) is 0 Å². The zero-order chi connectivity index (χ0) is 13.0. The first-order chi connectivity index (χ1) is 7.95. The average Bonchev–Trinajstić information content (AvgIpc) is 2.21. The highest BCUT2D eigenvalue weighted by molar-refractivity contribution is 5.39. The van der Waals surface area contributed by atoms with Crippen LogP contribution in [0, 0.1) is 20.8 Å². The Morgan fingerprint density at radius 2 is 1.71 bits per heavy atom. The van der Waals surface area contributed by atoms with E-state index in [1.165, 1.54) is 22.3 Å². The Labute approximate surface area is 104 Å². The van der Waals surface area contributed by atoms with Crippen molar-refractivity contribution in [2.45, 2.75) is 46.8 Å². The number of hydrogen-bond donors (Lipinski definition) is 2. The SMILES string of the molecule is Cc1cc(C)c(C(COC(C)C)NN)c(C)c1. The topological polar surface area (TPSA) is 47.3 Å². The van der Waals surface area contributed by atoms with Crippen molar-refractivity contribution in [1.29, 1.82) is 0 Å². The Bertz CT molecular complexity index is 351. The maximum atomic E-state index is 5.65. The van der Waals surface area contributed by atoms with Crippen LogP contribution >= 0.6 is 0 Å². The summed E-state index contributed by atoms with van der Waals surface area (Å²) in [7, 11) is 0. The highest BCUT2D eigenvalue weighted by atomic mass is 16.5. The second-order valence-corrected chi connectivity index (χ2v) is 4.91. The van der Waals surface area contributed by atoms with E-state index in [2.05, 4.69) is 38.3 Å². The van der Waals surface area contributed by atoms with Gasteiger partial charge >= 0.3 is 0 Å². The molecule has 0 amide bonds. The Morgan fingerprint density at radius 1 is 1.18 bits per heavy atom. The van der Waals surface area contributed by atoms with E-state index in [4.69, 9.17) is 10.6 Å². The molecule has 0 aromatic heterocycles. The van der Waals surface area contributed by atoms with Gasteiger partial charge in [-0.1, -0.05) is 17.7 Å². The molecule has 96 valence electrons. The molecular weight excluding hydrogens is 212 g/mol. The second kappa shape index (κ2) is 6.15. The third kappa shape index (κ3) is 3.80. The molecule has 17 heavy (non-hydrogen) atoms. The number of benzene rings is 1. The second-order valence-electron chi connectivity index (χ2n) is 4.91. The number of nitrogens with two attached hydrogens (primary N) is 1. The van der Waals surface area contributed by atoms with Crippen LogP contribution < -0.4 is 11.3 Å². The number of aryl methyl sites for hydroxylation is 3. The fraction of sp³-hybridized carbons (Fsp3) is 0.571. The fourth-order valence-electron chi connectivity index (χ4n) is 2.24. The zero-order valence-corrected chi connectivity index (χ0v) is 11.5. The molecule has 3 nitrogen and oxygen atoms in total. The molecule has 1 unspecified atom stereocenters. The van der Waals surface area contributed by atoms with Crippen LogP contribution in [0.2, 0.25) is 0 Å². The molecule has 0 saturated carbocycles. The van der Waals surface area contributed by atoms with Crippen LogP contribution in [0.25, 0.3) is 0 Å². The lowest BCUT2D eigenvalue weighted by molar-refractivity contribution is 0.0609. The van der Waals surface area contributed by atoms with Crippen molar-refractivity contribution in [3.8, 4) is 0 Å². The summed E-state index contributed by atoms with van der Waals surface area (Å²) in [6.45, 7) is 11.0. The van der Waals surface area contributed by atoms with E-state index >= 15 is 0 Å². The smallest absolute Gasteiger partial charge is 0.0699 e. The average molecular weight is 236 g/mol. The fourth-order valence-corrected chi connectivity index (χ4v) is 2.24. The van der Waals surface area contributed by atoms with Crippen LogP contribution in [-0.2, 0) is 4.74 Å². The van der Waals surface area contributed by atoms with Gasteiger partial charge in [-0.25, -0.2) is 0 Å². The third-order valence-electron chi connectivity index (χ3n) is 2.88. The van der Waals surface area contributed by atoms with Crippen molar-refractivity contribution in [2.24, 2.45) is 5.84 Å². The first-order valence-electron chi connectivity index (χ1n) is 6.11. The number of nitrogens with one attached hydrogen (secondary N) is 1. The van der Waals surface area contributed by atoms with Crippen LogP contribution in [0.5, 0.6) is 0 Å². The van der Waals surface area contributed by atoms with Gasteiger partial charge in [-0.2, -0.15) is 0 Å². The number of hydrogen-bond acceptors (Lipinski definition) is 3. The van der Waals surface area contributed by atoms with Gasteiger partial charge in [0.05, 0.1) is 18.8 Å². The van der Waals surface area contributed by atoms with Crippen molar-refractivity contribution >= 4 is 0 Å². The summed E-state index contributed by atoms with van der Waals surface area (Å²) < 4.78 is 5.65. The molecular formula is C14H24N2O. The van der Waals surface area contributed by atoms with Crippen LogP contribution in [0.3, 0.4) is 0 Å². The predicted octanol–water partition coefficient (Wildman–Crippen LogP) is 2.54. The van der Waals surface area contributed by atoms with Crippen LogP contribution in [0.1, 0.15) is 42.1 Å². The van der Waals surface area contributed by atoms with Gasteiger partial charge in [0.2, 0.25) is 0 Å². The summed E-state index contributed by atoms with van der Waals surface area (Å²) in [6, 6.07) is 4.42. The van der Waals surface area contributed by atoms with Gasteiger partial charge in [0.25, 0.3) is 0 Å². The molecule has 0 heterocycles. The molecule has 0 radical (unpaired) electrons. The zero-order valence-electron chi connectivity index (χ0n) is 11.5. The number of ether oxygens (including phenoxy) is 1. The molecule has 1 aromatic rings. The molecule has 1 aromatic carbocycles. The van der Waals surface area contributed by atoms with Crippen LogP contribution in [-0.4, -0.2) is 12.7 Å². The van der Waals surface area contributed by atoms with E-state index in [1.807, 2.05) is 13.8 Å². The van der Waals surface area contributed by atoms with E-state index in [-0.39, 0.29) is 12.1 Å². The first-order valence-corrected chi connectivity index (χ1v) is 6.11. The van der Waals surface area contributed by atoms with Crippen molar-refractivity contribution in [2.75, 3.05) is 6.61 Å². The summed E-state index contributed by atoms with van der Waals surface area (Å²) in [6.07, 6.45) is 0.219. The Balaban J connectivity index is 2.95. The minimum atomic E-state index is 0.0537. The lowest BCUT2D eigenvalue weighted by Gasteiger charge is -2.22. The largest absolute Gasteiger partial charge is 0.377 e. The molecule has 1 atom stereocenters. The van der Waals surface area contributed by atoms with Crippen molar-refractivity contribution in [3.63, 3.8) is 0 Å². The van der Waals surface area contributed by atoms with Gasteiger partial charge in [0.15, 0.2) is 0 Å². The molecule has 0 bridgehead atoms. The molecule has 0 fully saturated rings.